The number of aromatic nitrogens is 1. The van der Waals surface area contributed by atoms with Gasteiger partial charge in [0, 0.05) is 20.1 Å². The highest BCUT2D eigenvalue weighted by Crippen LogP contribution is 2.10. The van der Waals surface area contributed by atoms with Crippen molar-refractivity contribution in [3.63, 3.8) is 0 Å². The number of pyridine rings is 1. The van der Waals surface area contributed by atoms with Crippen LogP contribution in [0.5, 0.6) is 0 Å². The number of hydrogen-bond donors (Lipinski definition) is 1. The van der Waals surface area contributed by atoms with Gasteiger partial charge in [0.25, 0.3) is 0 Å². The van der Waals surface area contributed by atoms with Crippen molar-refractivity contribution < 1.29 is 14.7 Å². The van der Waals surface area contributed by atoms with Crippen molar-refractivity contribution in [2.45, 2.75) is 6.54 Å². The number of nitrogens with zero attached hydrogens (tertiary/aromatic N) is 3. The number of carboxylic acids is 1. The first-order valence-electron chi connectivity index (χ1n) is 5.27. The van der Waals surface area contributed by atoms with Crippen molar-refractivity contribution in [3.8, 4) is 0 Å². The van der Waals surface area contributed by atoms with Crippen LogP contribution in [0.1, 0.15) is 16.2 Å². The van der Waals surface area contributed by atoms with Crippen LogP contribution in [0.3, 0.4) is 0 Å². The van der Waals surface area contributed by atoms with Crippen molar-refractivity contribution in [1.29, 1.82) is 0 Å². The van der Waals surface area contributed by atoms with Crippen LogP contribution in [0.25, 0.3) is 0 Å². The lowest BCUT2D eigenvalue weighted by molar-refractivity contribution is 0.0690. The van der Waals surface area contributed by atoms with Crippen LogP contribution in [0.2, 0.25) is 0 Å². The van der Waals surface area contributed by atoms with Crippen molar-refractivity contribution in [1.82, 2.24) is 14.8 Å². The second-order valence-electron chi connectivity index (χ2n) is 3.95. The summed E-state index contributed by atoms with van der Waals surface area (Å²) >= 11 is 0. The summed E-state index contributed by atoms with van der Waals surface area (Å²) in [7, 11) is 1.74. The molecule has 1 N–H and O–H groups in total. The molecular formula is C11H13N3O3. The SMILES string of the molecule is CN1CCN(Cc2cccc(C(=O)O)n2)C1=O. The Morgan fingerprint density at radius 3 is 2.82 bits per heavy atom. The molecule has 0 atom stereocenters. The minimum atomic E-state index is -1.06. The van der Waals surface area contributed by atoms with Crippen molar-refractivity contribution >= 4 is 12.0 Å². The van der Waals surface area contributed by atoms with E-state index in [1.54, 1.807) is 29.0 Å². The van der Waals surface area contributed by atoms with Gasteiger partial charge in [-0.1, -0.05) is 6.07 Å². The molecule has 1 aromatic rings. The number of urea groups is 1. The third kappa shape index (κ3) is 2.35. The Morgan fingerprint density at radius 1 is 1.47 bits per heavy atom. The maximum atomic E-state index is 11.6. The van der Waals surface area contributed by atoms with Gasteiger partial charge in [-0.3, -0.25) is 0 Å². The molecule has 2 heterocycles. The largest absolute Gasteiger partial charge is 0.477 e. The quantitative estimate of drug-likeness (QED) is 0.834. The number of carbonyl (C=O) groups excluding carboxylic acids is 1. The number of hydrogen-bond acceptors (Lipinski definition) is 3. The summed E-state index contributed by atoms with van der Waals surface area (Å²) in [5.74, 6) is -1.06. The van der Waals surface area contributed by atoms with Gasteiger partial charge in [-0.15, -0.1) is 0 Å². The van der Waals surface area contributed by atoms with E-state index in [9.17, 15) is 9.59 Å². The first-order chi connectivity index (χ1) is 8.08. The smallest absolute Gasteiger partial charge is 0.354 e. The Hall–Kier alpha value is -2.11. The summed E-state index contributed by atoms with van der Waals surface area (Å²) in [6.45, 7) is 1.69. The van der Waals surface area contributed by atoms with Gasteiger partial charge < -0.3 is 14.9 Å². The fourth-order valence-corrected chi connectivity index (χ4v) is 1.73. The second kappa shape index (κ2) is 4.40. The summed E-state index contributed by atoms with van der Waals surface area (Å²) in [6.07, 6.45) is 0. The lowest BCUT2D eigenvalue weighted by atomic mass is 10.3. The molecule has 2 rings (SSSR count). The van der Waals surface area contributed by atoms with Gasteiger partial charge >= 0.3 is 12.0 Å². The molecule has 0 radical (unpaired) electrons. The van der Waals surface area contributed by atoms with E-state index in [-0.39, 0.29) is 11.7 Å². The van der Waals surface area contributed by atoms with Crippen LogP contribution in [-0.2, 0) is 6.54 Å². The lowest BCUT2D eigenvalue weighted by Crippen LogP contribution is -2.29. The summed E-state index contributed by atoms with van der Waals surface area (Å²) in [5, 5.41) is 8.81. The number of aromatic carboxylic acids is 1. The average Bonchev–Trinajstić information content (AvgIpc) is 2.61. The third-order valence-corrected chi connectivity index (χ3v) is 2.68. The van der Waals surface area contributed by atoms with E-state index in [1.807, 2.05) is 0 Å². The average molecular weight is 235 g/mol. The fraction of sp³-hybridized carbons (Fsp3) is 0.364. The van der Waals surface area contributed by atoms with Crippen LogP contribution in [0.15, 0.2) is 18.2 Å². The molecule has 1 aliphatic rings. The van der Waals surface area contributed by atoms with E-state index in [4.69, 9.17) is 5.11 Å². The summed E-state index contributed by atoms with van der Waals surface area (Å²) in [5.41, 5.74) is 0.594. The standard InChI is InChI=1S/C11H13N3O3/c1-13-5-6-14(11(13)17)7-8-3-2-4-9(12-8)10(15)16/h2-4H,5-7H2,1H3,(H,15,16). The second-order valence-corrected chi connectivity index (χ2v) is 3.95. The fourth-order valence-electron chi connectivity index (χ4n) is 1.73. The van der Waals surface area contributed by atoms with Gasteiger partial charge in [-0.05, 0) is 12.1 Å². The number of carbonyl (C=O) groups is 2. The number of amides is 2. The Kier molecular flexibility index (Phi) is 2.95. The first-order valence-corrected chi connectivity index (χ1v) is 5.27. The predicted molar refractivity (Wildman–Crippen MR) is 59.6 cm³/mol. The molecule has 6 nitrogen and oxygen atoms in total. The molecule has 0 aromatic carbocycles. The Morgan fingerprint density at radius 2 is 2.24 bits per heavy atom. The van der Waals surface area contributed by atoms with E-state index in [0.717, 1.165) is 0 Å². The molecule has 1 saturated heterocycles. The van der Waals surface area contributed by atoms with Crippen molar-refractivity contribution in [2.75, 3.05) is 20.1 Å². The number of rotatable bonds is 3. The Balaban J connectivity index is 2.11. The zero-order chi connectivity index (χ0) is 12.4. The van der Waals surface area contributed by atoms with Gasteiger partial charge in [-0.25, -0.2) is 14.6 Å². The molecule has 6 heteroatoms. The van der Waals surface area contributed by atoms with Crippen molar-refractivity contribution in [2.24, 2.45) is 0 Å². The van der Waals surface area contributed by atoms with Gasteiger partial charge in [0.2, 0.25) is 0 Å². The molecule has 1 aliphatic heterocycles. The normalized spacial score (nSPS) is 15.5. The summed E-state index contributed by atoms with van der Waals surface area (Å²) in [6, 6.07) is 4.74. The summed E-state index contributed by atoms with van der Waals surface area (Å²) in [4.78, 5) is 29.6. The first kappa shape index (κ1) is 11.4. The number of carboxylic acid groups (broad SMARTS) is 1. The predicted octanol–water partition coefficient (Wildman–Crippen LogP) is 0.647. The minimum Gasteiger partial charge on any atom is -0.477 e. The van der Waals surface area contributed by atoms with Crippen molar-refractivity contribution in [3.05, 3.63) is 29.6 Å². The van der Waals surface area contributed by atoms with Gasteiger partial charge in [0.1, 0.15) is 5.69 Å². The number of likely N-dealkylation sites (N-methyl/N-ethyl adjacent to an activating group) is 1. The molecule has 0 aliphatic carbocycles. The zero-order valence-electron chi connectivity index (χ0n) is 9.46. The molecule has 0 spiro atoms. The molecule has 1 fully saturated rings. The maximum Gasteiger partial charge on any atom is 0.354 e. The van der Waals surface area contributed by atoms with E-state index in [0.29, 0.717) is 25.3 Å². The molecule has 0 unspecified atom stereocenters. The monoisotopic (exact) mass is 235 g/mol. The van der Waals surface area contributed by atoms with E-state index in [2.05, 4.69) is 4.98 Å². The highest BCUT2D eigenvalue weighted by Gasteiger charge is 2.25. The lowest BCUT2D eigenvalue weighted by Gasteiger charge is -2.15. The molecular weight excluding hydrogens is 222 g/mol. The van der Waals surface area contributed by atoms with E-state index >= 15 is 0 Å². The zero-order valence-corrected chi connectivity index (χ0v) is 9.46. The molecule has 0 saturated carbocycles. The van der Waals surface area contributed by atoms with Crippen LogP contribution in [-0.4, -0.2) is 52.0 Å². The molecule has 1 aromatic heterocycles. The highest BCUT2D eigenvalue weighted by molar-refractivity contribution is 5.85. The van der Waals surface area contributed by atoms with E-state index < -0.39 is 5.97 Å². The Bertz CT molecular complexity index is 461. The molecule has 17 heavy (non-hydrogen) atoms. The van der Waals surface area contributed by atoms with Crippen LogP contribution in [0.4, 0.5) is 4.79 Å². The maximum absolute atomic E-state index is 11.6. The minimum absolute atomic E-state index is 0.00232. The topological polar surface area (TPSA) is 73.7 Å². The van der Waals surface area contributed by atoms with Crippen LogP contribution >= 0.6 is 0 Å². The molecule has 90 valence electrons. The highest BCUT2D eigenvalue weighted by atomic mass is 16.4. The van der Waals surface area contributed by atoms with Crippen LogP contribution in [0, 0.1) is 0 Å². The third-order valence-electron chi connectivity index (χ3n) is 2.68. The van der Waals surface area contributed by atoms with Gasteiger partial charge in [-0.2, -0.15) is 0 Å². The van der Waals surface area contributed by atoms with E-state index in [1.165, 1.54) is 6.07 Å². The van der Waals surface area contributed by atoms with Crippen LogP contribution < -0.4 is 0 Å². The summed E-state index contributed by atoms with van der Waals surface area (Å²) < 4.78 is 0. The molecule has 0 bridgehead atoms. The Labute approximate surface area is 98.5 Å². The van der Waals surface area contributed by atoms with Gasteiger partial charge in [0.15, 0.2) is 0 Å². The van der Waals surface area contributed by atoms with Gasteiger partial charge in [0.05, 0.1) is 12.2 Å². The molecule has 2 amide bonds.